The van der Waals surface area contributed by atoms with Crippen LogP contribution in [0.3, 0.4) is 0 Å². The summed E-state index contributed by atoms with van der Waals surface area (Å²) in [6.45, 7) is 6.93. The first-order valence-electron chi connectivity index (χ1n) is 6.46. The molecule has 0 fully saturated rings. The number of hydrogen-bond acceptors (Lipinski definition) is 5. The molecule has 1 amide bonds. The monoisotopic (exact) mass is 269 g/mol. The minimum atomic E-state index is -0.0491. The normalized spacial score (nSPS) is 10.9. The summed E-state index contributed by atoms with van der Waals surface area (Å²) in [5.74, 6) is 1.31. The van der Waals surface area contributed by atoms with Gasteiger partial charge in [0, 0.05) is 20.2 Å². The minimum Gasteiger partial charge on any atom is -0.383 e. The Morgan fingerprint density at radius 2 is 2.32 bits per heavy atom. The molecule has 1 aromatic heterocycles. The molecular weight excluding hydrogens is 246 g/mol. The van der Waals surface area contributed by atoms with E-state index in [1.165, 1.54) is 6.33 Å². The van der Waals surface area contributed by atoms with E-state index in [4.69, 9.17) is 4.74 Å². The van der Waals surface area contributed by atoms with E-state index in [0.717, 1.165) is 12.4 Å². The number of nitrogens with one attached hydrogen (secondary N) is 2. The second kappa shape index (κ2) is 8.60. The summed E-state index contributed by atoms with van der Waals surface area (Å²) in [6.07, 6.45) is 1.54. The lowest BCUT2D eigenvalue weighted by Crippen LogP contribution is -2.35. The molecule has 7 heteroatoms. The zero-order chi connectivity index (χ0) is 14.1. The Kier molecular flexibility index (Phi) is 7.06. The Bertz CT molecular complexity index is 378. The van der Waals surface area contributed by atoms with E-state index >= 15 is 0 Å². The van der Waals surface area contributed by atoms with E-state index in [9.17, 15) is 4.79 Å². The molecule has 19 heavy (non-hydrogen) atoms. The van der Waals surface area contributed by atoms with E-state index in [0.29, 0.717) is 25.6 Å². The molecule has 2 N–H and O–H groups in total. The molecule has 0 bridgehead atoms. The third-order valence-corrected chi connectivity index (χ3v) is 2.43. The van der Waals surface area contributed by atoms with Gasteiger partial charge >= 0.3 is 0 Å². The number of methoxy groups -OCH3 is 1. The van der Waals surface area contributed by atoms with Crippen LogP contribution in [0.15, 0.2) is 6.33 Å². The van der Waals surface area contributed by atoms with Crippen molar-refractivity contribution in [3.05, 3.63) is 12.2 Å². The first kappa shape index (κ1) is 15.6. The van der Waals surface area contributed by atoms with Crippen molar-refractivity contribution in [3.8, 4) is 0 Å². The van der Waals surface area contributed by atoms with Crippen molar-refractivity contribution in [2.24, 2.45) is 5.92 Å². The fourth-order valence-electron chi connectivity index (χ4n) is 1.57. The summed E-state index contributed by atoms with van der Waals surface area (Å²) in [7, 11) is 1.60. The van der Waals surface area contributed by atoms with Crippen LogP contribution >= 0.6 is 0 Å². The number of aromatic nitrogens is 3. The number of amides is 1. The highest BCUT2D eigenvalue weighted by Crippen LogP contribution is 2.00. The second-order valence-corrected chi connectivity index (χ2v) is 4.70. The van der Waals surface area contributed by atoms with E-state index in [1.807, 2.05) is 4.68 Å². The predicted octanol–water partition coefficient (Wildman–Crippen LogP) is -0.214. The Hall–Kier alpha value is -1.47. The zero-order valence-corrected chi connectivity index (χ0v) is 11.8. The molecule has 0 saturated heterocycles. The maximum atomic E-state index is 11.4. The lowest BCUT2D eigenvalue weighted by atomic mass is 10.2. The largest absolute Gasteiger partial charge is 0.383 e. The number of ether oxygens (including phenoxy) is 1. The summed E-state index contributed by atoms with van der Waals surface area (Å²) >= 11 is 0. The van der Waals surface area contributed by atoms with Gasteiger partial charge in [0.25, 0.3) is 0 Å². The number of rotatable bonds is 9. The molecule has 1 heterocycles. The quantitative estimate of drug-likeness (QED) is 0.606. The molecule has 0 aliphatic rings. The van der Waals surface area contributed by atoms with E-state index in [2.05, 4.69) is 34.6 Å². The molecule has 0 aromatic carbocycles. The van der Waals surface area contributed by atoms with Crippen molar-refractivity contribution in [1.29, 1.82) is 0 Å². The van der Waals surface area contributed by atoms with Crippen molar-refractivity contribution >= 4 is 5.91 Å². The van der Waals surface area contributed by atoms with Gasteiger partial charge in [-0.15, -0.1) is 0 Å². The summed E-state index contributed by atoms with van der Waals surface area (Å²) in [5.41, 5.74) is 0. The number of carbonyl (C=O) groups excluding carboxylic acids is 1. The number of hydrogen-bond donors (Lipinski definition) is 2. The van der Waals surface area contributed by atoms with Gasteiger partial charge in [-0.25, -0.2) is 9.67 Å². The summed E-state index contributed by atoms with van der Waals surface area (Å²) in [4.78, 5) is 15.6. The molecule has 1 rings (SSSR count). The molecule has 0 atom stereocenters. The van der Waals surface area contributed by atoms with Crippen LogP contribution in [0, 0.1) is 5.92 Å². The SMILES string of the molecule is COCCNC(=O)CNCc1ncnn1CC(C)C. The predicted molar refractivity (Wildman–Crippen MR) is 71.5 cm³/mol. The van der Waals surface area contributed by atoms with E-state index < -0.39 is 0 Å². The van der Waals surface area contributed by atoms with Gasteiger partial charge in [0.2, 0.25) is 5.91 Å². The highest BCUT2D eigenvalue weighted by Gasteiger charge is 2.06. The Morgan fingerprint density at radius 1 is 1.53 bits per heavy atom. The van der Waals surface area contributed by atoms with Gasteiger partial charge < -0.3 is 15.4 Å². The van der Waals surface area contributed by atoms with Crippen LogP contribution in [0.1, 0.15) is 19.7 Å². The molecule has 0 aliphatic carbocycles. The third-order valence-electron chi connectivity index (χ3n) is 2.43. The molecule has 1 aromatic rings. The minimum absolute atomic E-state index is 0.0491. The standard InChI is InChI=1S/C12H23N5O2/c1-10(2)8-17-11(15-9-16-17)6-13-7-12(18)14-4-5-19-3/h9-10,13H,4-8H2,1-3H3,(H,14,18). The van der Waals surface area contributed by atoms with Gasteiger partial charge in [-0.05, 0) is 5.92 Å². The molecular formula is C12H23N5O2. The van der Waals surface area contributed by atoms with Gasteiger partial charge in [0.05, 0.1) is 19.7 Å². The molecule has 0 unspecified atom stereocenters. The summed E-state index contributed by atoms with van der Waals surface area (Å²) in [6, 6.07) is 0. The summed E-state index contributed by atoms with van der Waals surface area (Å²) in [5, 5.41) is 9.96. The van der Waals surface area contributed by atoms with Gasteiger partial charge in [-0.2, -0.15) is 5.10 Å². The highest BCUT2D eigenvalue weighted by molar-refractivity contribution is 5.77. The first-order valence-corrected chi connectivity index (χ1v) is 6.46. The van der Waals surface area contributed by atoms with E-state index in [1.54, 1.807) is 7.11 Å². The topological polar surface area (TPSA) is 81.1 Å². The lowest BCUT2D eigenvalue weighted by molar-refractivity contribution is -0.120. The Morgan fingerprint density at radius 3 is 3.00 bits per heavy atom. The molecule has 0 radical (unpaired) electrons. The third kappa shape index (κ3) is 6.30. The van der Waals surface area contributed by atoms with Crippen LogP contribution in [0.5, 0.6) is 0 Å². The fraction of sp³-hybridized carbons (Fsp3) is 0.750. The fourth-order valence-corrected chi connectivity index (χ4v) is 1.57. The van der Waals surface area contributed by atoms with Crippen molar-refractivity contribution in [1.82, 2.24) is 25.4 Å². The zero-order valence-electron chi connectivity index (χ0n) is 11.8. The maximum absolute atomic E-state index is 11.4. The second-order valence-electron chi connectivity index (χ2n) is 4.70. The average molecular weight is 269 g/mol. The summed E-state index contributed by atoms with van der Waals surface area (Å²) < 4.78 is 6.71. The highest BCUT2D eigenvalue weighted by atomic mass is 16.5. The van der Waals surface area contributed by atoms with Crippen LogP contribution in [0.2, 0.25) is 0 Å². The van der Waals surface area contributed by atoms with Gasteiger partial charge in [-0.1, -0.05) is 13.8 Å². The van der Waals surface area contributed by atoms with Crippen LogP contribution < -0.4 is 10.6 Å². The average Bonchev–Trinajstić information content (AvgIpc) is 2.76. The van der Waals surface area contributed by atoms with Gasteiger partial charge in [-0.3, -0.25) is 4.79 Å². The van der Waals surface area contributed by atoms with Crippen LogP contribution in [-0.4, -0.2) is 47.5 Å². The number of carbonyl (C=O) groups is 1. The smallest absolute Gasteiger partial charge is 0.234 e. The van der Waals surface area contributed by atoms with Crippen molar-refractivity contribution < 1.29 is 9.53 Å². The van der Waals surface area contributed by atoms with Gasteiger partial charge in [0.15, 0.2) is 0 Å². The molecule has 0 aliphatic heterocycles. The van der Waals surface area contributed by atoms with Crippen molar-refractivity contribution in [3.63, 3.8) is 0 Å². The Balaban J connectivity index is 2.25. The van der Waals surface area contributed by atoms with Crippen molar-refractivity contribution in [2.45, 2.75) is 26.9 Å². The first-order chi connectivity index (χ1) is 9.13. The molecule has 0 spiro atoms. The van der Waals surface area contributed by atoms with Gasteiger partial charge in [0.1, 0.15) is 12.2 Å². The molecule has 108 valence electrons. The molecule has 7 nitrogen and oxygen atoms in total. The number of nitrogens with zero attached hydrogens (tertiary/aromatic N) is 3. The maximum Gasteiger partial charge on any atom is 0.234 e. The van der Waals surface area contributed by atoms with Crippen LogP contribution in [-0.2, 0) is 22.6 Å². The Labute approximate surface area is 113 Å². The van der Waals surface area contributed by atoms with Crippen LogP contribution in [0.25, 0.3) is 0 Å². The van der Waals surface area contributed by atoms with Crippen molar-refractivity contribution in [2.75, 3.05) is 26.8 Å². The van der Waals surface area contributed by atoms with E-state index in [-0.39, 0.29) is 12.5 Å². The van der Waals surface area contributed by atoms with Crippen LogP contribution in [0.4, 0.5) is 0 Å². The molecule has 0 saturated carbocycles. The lowest BCUT2D eigenvalue weighted by Gasteiger charge is -2.09.